The van der Waals surface area contributed by atoms with Crippen molar-refractivity contribution in [3.8, 4) is 11.3 Å². The summed E-state index contributed by atoms with van der Waals surface area (Å²) in [5.41, 5.74) is -0.502. The van der Waals surface area contributed by atoms with E-state index in [0.29, 0.717) is 31.9 Å². The molecule has 1 saturated heterocycles. The van der Waals surface area contributed by atoms with Gasteiger partial charge in [-0.25, -0.2) is 4.98 Å². The molecule has 0 unspecified atom stereocenters. The Bertz CT molecular complexity index is 1610. The first-order valence-electron chi connectivity index (χ1n) is 15.9. The van der Waals surface area contributed by atoms with E-state index in [1.807, 2.05) is 4.90 Å². The SMILES string of the molecule is Cn1c(-c2cn(C3CC3)nc2C(F)(F)F)cnc1C(=O)Nc1ccc(C(=O)N2CCN(C(=O)C3CCCCCCC3)CC2)c(Cl)c1. The zero-order valence-corrected chi connectivity index (χ0v) is 26.4. The van der Waals surface area contributed by atoms with Gasteiger partial charge in [-0.1, -0.05) is 43.7 Å². The van der Waals surface area contributed by atoms with Crippen molar-refractivity contribution in [2.75, 3.05) is 31.5 Å². The highest BCUT2D eigenvalue weighted by molar-refractivity contribution is 6.34. The van der Waals surface area contributed by atoms with Crippen LogP contribution in [0, 0.1) is 5.92 Å². The topological polar surface area (TPSA) is 105 Å². The van der Waals surface area contributed by atoms with Gasteiger partial charge in [0.25, 0.3) is 11.8 Å². The molecule has 2 aromatic heterocycles. The highest BCUT2D eigenvalue weighted by Gasteiger charge is 2.40. The van der Waals surface area contributed by atoms with Crippen molar-refractivity contribution in [1.29, 1.82) is 0 Å². The van der Waals surface area contributed by atoms with Crippen LogP contribution < -0.4 is 5.32 Å². The summed E-state index contributed by atoms with van der Waals surface area (Å²) >= 11 is 6.49. The van der Waals surface area contributed by atoms with Crippen LogP contribution in [0.2, 0.25) is 5.02 Å². The number of hydrogen-bond acceptors (Lipinski definition) is 5. The van der Waals surface area contributed by atoms with Gasteiger partial charge in [-0.2, -0.15) is 18.3 Å². The molecule has 1 N–H and O–H groups in total. The molecule has 3 amide bonds. The van der Waals surface area contributed by atoms with Crippen molar-refractivity contribution in [1.82, 2.24) is 29.1 Å². The van der Waals surface area contributed by atoms with Crippen LogP contribution in [0.3, 0.4) is 0 Å². The van der Waals surface area contributed by atoms with Crippen molar-refractivity contribution in [3.05, 3.63) is 52.7 Å². The standard InChI is InChI=1S/C32H37ClF3N7O3/c1-40-26(24-19-43(22-10-11-22)39-27(24)32(34,35)36)18-37-28(40)29(44)38-21-9-12-23(25(33)17-21)31(46)42-15-13-41(14-16-42)30(45)20-7-5-3-2-4-6-8-20/h9,12,17-20,22H,2-8,10-11,13-16H2,1H3,(H,38,44). The van der Waals surface area contributed by atoms with Gasteiger partial charge in [0.05, 0.1) is 34.1 Å². The van der Waals surface area contributed by atoms with Crippen LogP contribution in [0.4, 0.5) is 18.9 Å². The van der Waals surface area contributed by atoms with E-state index < -0.39 is 17.8 Å². The fourth-order valence-electron chi connectivity index (χ4n) is 6.40. The quantitative estimate of drug-likeness (QED) is 0.340. The largest absolute Gasteiger partial charge is 0.435 e. The predicted octanol–water partition coefficient (Wildman–Crippen LogP) is 6.19. The second kappa shape index (κ2) is 13.1. The Morgan fingerprint density at radius 2 is 1.59 bits per heavy atom. The summed E-state index contributed by atoms with van der Waals surface area (Å²) in [6, 6.07) is 4.46. The first kappa shape index (κ1) is 32.1. The van der Waals surface area contributed by atoms with E-state index in [1.165, 1.54) is 66.2 Å². The second-order valence-electron chi connectivity index (χ2n) is 12.4. The van der Waals surface area contributed by atoms with Crippen LogP contribution in [-0.4, -0.2) is 73.0 Å². The first-order valence-corrected chi connectivity index (χ1v) is 16.3. The average Bonchev–Trinajstić information content (AvgIpc) is 3.63. The summed E-state index contributed by atoms with van der Waals surface area (Å²) in [5, 5.41) is 6.58. The maximum Gasteiger partial charge on any atom is 0.435 e. The molecule has 1 aliphatic heterocycles. The molecular weight excluding hydrogens is 623 g/mol. The van der Waals surface area contributed by atoms with Crippen LogP contribution in [-0.2, 0) is 18.0 Å². The van der Waals surface area contributed by atoms with Gasteiger partial charge < -0.3 is 19.7 Å². The van der Waals surface area contributed by atoms with E-state index >= 15 is 0 Å². The average molecular weight is 660 g/mol. The smallest absolute Gasteiger partial charge is 0.339 e. The molecule has 3 heterocycles. The molecule has 3 aliphatic rings. The summed E-state index contributed by atoms with van der Waals surface area (Å²) in [7, 11) is 1.46. The predicted molar refractivity (Wildman–Crippen MR) is 165 cm³/mol. The lowest BCUT2D eigenvalue weighted by atomic mass is 9.90. The van der Waals surface area contributed by atoms with Gasteiger partial charge in [-0.15, -0.1) is 0 Å². The number of nitrogens with zero attached hydrogens (tertiary/aromatic N) is 6. The lowest BCUT2D eigenvalue weighted by Gasteiger charge is -2.37. The summed E-state index contributed by atoms with van der Waals surface area (Å²) in [6.45, 7) is 1.76. The zero-order valence-electron chi connectivity index (χ0n) is 25.7. The van der Waals surface area contributed by atoms with E-state index in [2.05, 4.69) is 15.4 Å². The minimum Gasteiger partial charge on any atom is -0.339 e. The Kier molecular flexibility index (Phi) is 9.13. The number of amides is 3. The number of aromatic nitrogens is 4. The summed E-state index contributed by atoms with van der Waals surface area (Å²) in [4.78, 5) is 47.2. The third kappa shape index (κ3) is 6.79. The highest BCUT2D eigenvalue weighted by Crippen LogP contribution is 2.41. The van der Waals surface area contributed by atoms with E-state index in [-0.39, 0.29) is 51.4 Å². The number of anilines is 1. The molecular formula is C32H37ClF3N7O3. The molecule has 46 heavy (non-hydrogen) atoms. The molecule has 14 heteroatoms. The number of alkyl halides is 3. The number of nitrogens with one attached hydrogen (secondary N) is 1. The number of imidazole rings is 1. The molecule has 2 saturated carbocycles. The molecule has 246 valence electrons. The lowest BCUT2D eigenvalue weighted by Crippen LogP contribution is -2.52. The normalized spacial score (nSPS) is 18.3. The second-order valence-corrected chi connectivity index (χ2v) is 12.8. The third-order valence-electron chi connectivity index (χ3n) is 9.18. The van der Waals surface area contributed by atoms with Crippen molar-refractivity contribution in [2.24, 2.45) is 13.0 Å². The van der Waals surface area contributed by atoms with Gasteiger partial charge in [0.2, 0.25) is 5.91 Å². The molecule has 6 rings (SSSR count). The van der Waals surface area contributed by atoms with Crippen LogP contribution in [0.15, 0.2) is 30.6 Å². The third-order valence-corrected chi connectivity index (χ3v) is 9.49. The minimum atomic E-state index is -4.67. The number of carbonyl (C=O) groups is 3. The van der Waals surface area contributed by atoms with Crippen molar-refractivity contribution >= 4 is 35.0 Å². The van der Waals surface area contributed by atoms with Gasteiger partial charge in [0.15, 0.2) is 11.5 Å². The highest BCUT2D eigenvalue weighted by atomic mass is 35.5. The fourth-order valence-corrected chi connectivity index (χ4v) is 6.66. The number of halogens is 4. The van der Waals surface area contributed by atoms with Gasteiger partial charge in [-0.3, -0.25) is 19.1 Å². The molecule has 0 radical (unpaired) electrons. The van der Waals surface area contributed by atoms with Gasteiger partial charge in [0.1, 0.15) is 0 Å². The molecule has 0 atom stereocenters. The van der Waals surface area contributed by atoms with Crippen LogP contribution in [0.5, 0.6) is 0 Å². The van der Waals surface area contributed by atoms with Gasteiger partial charge in [0, 0.05) is 51.0 Å². The summed E-state index contributed by atoms with van der Waals surface area (Å²) in [6.07, 6.45) is 7.07. The zero-order chi connectivity index (χ0) is 32.6. The van der Waals surface area contributed by atoms with E-state index in [9.17, 15) is 27.6 Å². The molecule has 3 aromatic rings. The maximum absolute atomic E-state index is 13.8. The Balaban J connectivity index is 1.09. The van der Waals surface area contributed by atoms with E-state index in [4.69, 9.17) is 11.6 Å². The van der Waals surface area contributed by atoms with Crippen LogP contribution >= 0.6 is 11.6 Å². The van der Waals surface area contributed by atoms with Gasteiger partial charge >= 0.3 is 6.18 Å². The summed E-state index contributed by atoms with van der Waals surface area (Å²) in [5.74, 6) is -0.758. The van der Waals surface area contributed by atoms with Crippen LogP contribution in [0.25, 0.3) is 11.3 Å². The number of benzene rings is 1. The van der Waals surface area contributed by atoms with Crippen molar-refractivity contribution in [2.45, 2.75) is 70.0 Å². The maximum atomic E-state index is 13.8. The van der Waals surface area contributed by atoms with Crippen molar-refractivity contribution in [3.63, 3.8) is 0 Å². The lowest BCUT2D eigenvalue weighted by molar-refractivity contribution is -0.141. The molecule has 0 bridgehead atoms. The number of hydrogen-bond donors (Lipinski definition) is 1. The Hall–Kier alpha value is -3.87. The minimum absolute atomic E-state index is 0.0557. The van der Waals surface area contributed by atoms with Gasteiger partial charge in [-0.05, 0) is 43.9 Å². The summed E-state index contributed by atoms with van der Waals surface area (Å²) < 4.78 is 43.9. The van der Waals surface area contributed by atoms with E-state index in [0.717, 1.165) is 38.5 Å². The molecule has 10 nitrogen and oxygen atoms in total. The van der Waals surface area contributed by atoms with Crippen LogP contribution in [0.1, 0.15) is 90.5 Å². The fraction of sp³-hybridized carbons (Fsp3) is 0.531. The number of piperazine rings is 1. The molecule has 1 aromatic carbocycles. The molecule has 0 spiro atoms. The Morgan fingerprint density at radius 1 is 0.935 bits per heavy atom. The number of rotatable bonds is 6. The van der Waals surface area contributed by atoms with Crippen molar-refractivity contribution < 1.29 is 27.6 Å². The molecule has 3 fully saturated rings. The number of carbonyl (C=O) groups excluding carboxylic acids is 3. The Morgan fingerprint density at radius 3 is 2.22 bits per heavy atom. The first-order chi connectivity index (χ1) is 22.0. The monoisotopic (exact) mass is 659 g/mol. The Labute approximate surface area is 269 Å². The van der Waals surface area contributed by atoms with E-state index in [1.54, 1.807) is 4.90 Å². The molecule has 2 aliphatic carbocycles.